The number of carboxylic acid groups (broad SMARTS) is 1. The van der Waals surface area contributed by atoms with Crippen molar-refractivity contribution >= 4 is 11.8 Å². The van der Waals surface area contributed by atoms with Crippen LogP contribution in [0.15, 0.2) is 6.20 Å². The Morgan fingerprint density at radius 1 is 1.53 bits per heavy atom. The van der Waals surface area contributed by atoms with Gasteiger partial charge in [-0.05, 0) is 19.8 Å². The van der Waals surface area contributed by atoms with E-state index in [1.54, 1.807) is 6.92 Å². The van der Waals surface area contributed by atoms with Gasteiger partial charge in [0, 0.05) is 25.5 Å². The van der Waals surface area contributed by atoms with Gasteiger partial charge < -0.3 is 15.2 Å². The first-order valence-corrected chi connectivity index (χ1v) is 5.58. The van der Waals surface area contributed by atoms with E-state index in [4.69, 9.17) is 9.84 Å². The molecule has 2 rings (SSSR count). The predicted molar refractivity (Wildman–Crippen MR) is 61.2 cm³/mol. The molecule has 0 unspecified atom stereocenters. The molecule has 0 radical (unpaired) electrons. The smallest absolute Gasteiger partial charge is 0.341 e. The van der Waals surface area contributed by atoms with Crippen LogP contribution in [0, 0.1) is 6.92 Å². The minimum absolute atomic E-state index is 0.113. The van der Waals surface area contributed by atoms with Gasteiger partial charge in [-0.1, -0.05) is 0 Å². The second kappa shape index (κ2) is 5.09. The zero-order valence-corrected chi connectivity index (χ0v) is 9.64. The van der Waals surface area contributed by atoms with Gasteiger partial charge in [0.25, 0.3) is 0 Å². The van der Waals surface area contributed by atoms with Gasteiger partial charge in [0.2, 0.25) is 0 Å². The lowest BCUT2D eigenvalue weighted by Gasteiger charge is -2.24. The minimum atomic E-state index is -1.01. The lowest BCUT2D eigenvalue weighted by atomic mass is 10.1. The van der Waals surface area contributed by atoms with E-state index < -0.39 is 5.97 Å². The average Bonchev–Trinajstić information content (AvgIpc) is 2.30. The summed E-state index contributed by atoms with van der Waals surface area (Å²) >= 11 is 0. The average molecular weight is 237 g/mol. The number of rotatable bonds is 3. The van der Waals surface area contributed by atoms with Gasteiger partial charge in [0.1, 0.15) is 17.2 Å². The van der Waals surface area contributed by atoms with Gasteiger partial charge in [0.15, 0.2) is 0 Å². The number of hydrogen-bond acceptors (Lipinski definition) is 5. The molecule has 0 amide bonds. The van der Waals surface area contributed by atoms with Gasteiger partial charge >= 0.3 is 5.97 Å². The molecular weight excluding hydrogens is 222 g/mol. The quantitative estimate of drug-likeness (QED) is 0.818. The second-order valence-corrected chi connectivity index (χ2v) is 4.02. The topological polar surface area (TPSA) is 84.3 Å². The van der Waals surface area contributed by atoms with Crippen LogP contribution < -0.4 is 5.32 Å². The first kappa shape index (κ1) is 11.8. The van der Waals surface area contributed by atoms with E-state index in [-0.39, 0.29) is 11.6 Å². The molecule has 6 heteroatoms. The van der Waals surface area contributed by atoms with E-state index in [9.17, 15) is 4.79 Å². The third-order valence-electron chi connectivity index (χ3n) is 2.70. The van der Waals surface area contributed by atoms with Gasteiger partial charge in [0.05, 0.1) is 0 Å². The Kier molecular flexibility index (Phi) is 3.53. The van der Waals surface area contributed by atoms with Crippen molar-refractivity contribution in [1.82, 2.24) is 9.97 Å². The Bertz CT molecular complexity index is 416. The summed E-state index contributed by atoms with van der Waals surface area (Å²) in [7, 11) is 0. The number of aromatic nitrogens is 2. The molecule has 1 saturated heterocycles. The number of aryl methyl sites for hydroxylation is 1. The summed E-state index contributed by atoms with van der Waals surface area (Å²) in [6.07, 6.45) is 3.07. The highest BCUT2D eigenvalue weighted by atomic mass is 16.5. The number of carbonyl (C=O) groups is 1. The van der Waals surface area contributed by atoms with Crippen LogP contribution in [0.1, 0.15) is 29.0 Å². The Balaban J connectivity index is 2.17. The Labute approximate surface area is 99.0 Å². The lowest BCUT2D eigenvalue weighted by Crippen LogP contribution is -2.29. The van der Waals surface area contributed by atoms with Gasteiger partial charge in [-0.25, -0.2) is 14.8 Å². The molecule has 2 heterocycles. The van der Waals surface area contributed by atoms with Crippen LogP contribution in [0.4, 0.5) is 5.82 Å². The van der Waals surface area contributed by atoms with Crippen LogP contribution >= 0.6 is 0 Å². The van der Waals surface area contributed by atoms with E-state index in [2.05, 4.69) is 15.3 Å². The van der Waals surface area contributed by atoms with E-state index in [0.717, 1.165) is 12.8 Å². The third-order valence-corrected chi connectivity index (χ3v) is 2.70. The molecule has 1 aliphatic heterocycles. The molecule has 92 valence electrons. The molecular formula is C11H15N3O3. The summed E-state index contributed by atoms with van der Waals surface area (Å²) in [6.45, 7) is 3.13. The minimum Gasteiger partial charge on any atom is -0.477 e. The number of nitrogens with zero attached hydrogens (tertiary/aromatic N) is 2. The molecule has 6 nitrogen and oxygen atoms in total. The summed E-state index contributed by atoms with van der Waals surface area (Å²) in [4.78, 5) is 19.1. The predicted octanol–water partition coefficient (Wildman–Crippen LogP) is 1.07. The van der Waals surface area contributed by atoms with Crippen molar-refractivity contribution in [2.75, 3.05) is 18.5 Å². The SMILES string of the molecule is Cc1ncc(C(=O)O)c(NC2CCOCC2)n1. The normalized spacial score (nSPS) is 16.8. The Hall–Kier alpha value is -1.69. The van der Waals surface area contributed by atoms with Crippen LogP contribution in [0.3, 0.4) is 0 Å². The molecule has 0 saturated carbocycles. The first-order valence-electron chi connectivity index (χ1n) is 5.58. The van der Waals surface area contributed by atoms with Crippen LogP contribution in [0.25, 0.3) is 0 Å². The van der Waals surface area contributed by atoms with Crippen molar-refractivity contribution in [2.45, 2.75) is 25.8 Å². The molecule has 0 aromatic carbocycles. The van der Waals surface area contributed by atoms with Crippen molar-refractivity contribution in [1.29, 1.82) is 0 Å². The molecule has 1 aliphatic rings. The summed E-state index contributed by atoms with van der Waals surface area (Å²) < 4.78 is 5.25. The molecule has 0 aliphatic carbocycles. The van der Waals surface area contributed by atoms with Crippen LogP contribution in [-0.4, -0.2) is 40.3 Å². The lowest BCUT2D eigenvalue weighted by molar-refractivity contribution is 0.0696. The number of hydrogen-bond donors (Lipinski definition) is 2. The highest BCUT2D eigenvalue weighted by Crippen LogP contribution is 2.17. The maximum absolute atomic E-state index is 11.0. The molecule has 0 atom stereocenters. The summed E-state index contributed by atoms with van der Waals surface area (Å²) in [5.74, 6) is -0.0546. The number of aromatic carboxylic acids is 1. The van der Waals surface area contributed by atoms with Crippen molar-refractivity contribution in [3.63, 3.8) is 0 Å². The van der Waals surface area contributed by atoms with Crippen molar-refractivity contribution < 1.29 is 14.6 Å². The standard InChI is InChI=1S/C11H15N3O3/c1-7-12-6-9(11(15)16)10(13-7)14-8-2-4-17-5-3-8/h6,8H,2-5H2,1H3,(H,15,16)(H,12,13,14). The van der Waals surface area contributed by atoms with Crippen LogP contribution in [-0.2, 0) is 4.74 Å². The summed E-state index contributed by atoms with van der Waals surface area (Å²) in [6, 6.07) is 0.219. The Morgan fingerprint density at radius 2 is 2.24 bits per heavy atom. The zero-order chi connectivity index (χ0) is 12.3. The molecule has 17 heavy (non-hydrogen) atoms. The van der Waals surface area contributed by atoms with Crippen LogP contribution in [0.2, 0.25) is 0 Å². The highest BCUT2D eigenvalue weighted by Gasteiger charge is 2.18. The van der Waals surface area contributed by atoms with E-state index >= 15 is 0 Å². The molecule has 2 N–H and O–H groups in total. The number of nitrogens with one attached hydrogen (secondary N) is 1. The molecule has 0 bridgehead atoms. The second-order valence-electron chi connectivity index (χ2n) is 4.02. The number of ether oxygens (including phenoxy) is 1. The molecule has 1 aromatic heterocycles. The number of anilines is 1. The summed E-state index contributed by atoms with van der Waals surface area (Å²) in [5.41, 5.74) is 0.113. The molecule has 0 spiro atoms. The molecule has 1 aromatic rings. The monoisotopic (exact) mass is 237 g/mol. The van der Waals surface area contributed by atoms with Gasteiger partial charge in [-0.15, -0.1) is 0 Å². The zero-order valence-electron chi connectivity index (χ0n) is 9.64. The van der Waals surface area contributed by atoms with E-state index in [0.29, 0.717) is 24.9 Å². The van der Waals surface area contributed by atoms with Gasteiger partial charge in [-0.2, -0.15) is 0 Å². The third kappa shape index (κ3) is 2.91. The number of carboxylic acids is 1. The molecule has 1 fully saturated rings. The largest absolute Gasteiger partial charge is 0.477 e. The fourth-order valence-electron chi connectivity index (χ4n) is 1.77. The first-order chi connectivity index (χ1) is 8.16. The maximum Gasteiger partial charge on any atom is 0.341 e. The Morgan fingerprint density at radius 3 is 2.88 bits per heavy atom. The van der Waals surface area contributed by atoms with E-state index in [1.165, 1.54) is 6.20 Å². The fraction of sp³-hybridized carbons (Fsp3) is 0.545. The van der Waals surface area contributed by atoms with E-state index in [1.807, 2.05) is 0 Å². The van der Waals surface area contributed by atoms with Crippen molar-refractivity contribution in [3.05, 3.63) is 17.6 Å². The summed E-state index contributed by atoms with van der Waals surface area (Å²) in [5, 5.41) is 12.2. The van der Waals surface area contributed by atoms with Crippen LogP contribution in [0.5, 0.6) is 0 Å². The van der Waals surface area contributed by atoms with Crippen molar-refractivity contribution in [3.8, 4) is 0 Å². The fourth-order valence-corrected chi connectivity index (χ4v) is 1.77. The van der Waals surface area contributed by atoms with Crippen molar-refractivity contribution in [2.24, 2.45) is 0 Å². The maximum atomic E-state index is 11.0. The highest BCUT2D eigenvalue weighted by molar-refractivity contribution is 5.92. The van der Waals surface area contributed by atoms with Gasteiger partial charge in [-0.3, -0.25) is 0 Å².